The molecule has 0 aliphatic carbocycles. The van der Waals surface area contributed by atoms with Crippen molar-refractivity contribution < 1.29 is 14.3 Å². The second-order valence-corrected chi connectivity index (χ2v) is 2.98. The number of ether oxygens (including phenoxy) is 1. The van der Waals surface area contributed by atoms with Crippen LogP contribution < -0.4 is 4.90 Å². The topological polar surface area (TPSA) is 59.5 Å². The first-order valence-electron chi connectivity index (χ1n) is 4.08. The van der Waals surface area contributed by atoms with Crippen molar-refractivity contribution in [2.45, 2.75) is 0 Å². The van der Waals surface area contributed by atoms with Crippen molar-refractivity contribution in [2.75, 3.05) is 18.6 Å². The van der Waals surface area contributed by atoms with Crippen LogP contribution in [0.5, 0.6) is 0 Å². The number of carbonyl (C=O) groups is 2. The molecule has 1 aromatic rings. The Balaban J connectivity index is 2.88. The van der Waals surface area contributed by atoms with Crippen LogP contribution in [0.1, 0.15) is 0 Å². The molecule has 0 aromatic carbocycles. The van der Waals surface area contributed by atoms with Gasteiger partial charge in [0.1, 0.15) is 6.54 Å². The maximum absolute atomic E-state index is 11.0. The Morgan fingerprint density at radius 3 is 3.00 bits per heavy atom. The van der Waals surface area contributed by atoms with Crippen LogP contribution in [0.15, 0.2) is 18.3 Å². The molecule has 6 heteroatoms. The fraction of sp³-hybridized carbons (Fsp3) is 0.222. The summed E-state index contributed by atoms with van der Waals surface area (Å²) in [5.41, 5.74) is 0.375. The van der Waals surface area contributed by atoms with Crippen molar-refractivity contribution in [3.8, 4) is 0 Å². The van der Waals surface area contributed by atoms with Gasteiger partial charge in [0.15, 0.2) is 5.15 Å². The van der Waals surface area contributed by atoms with Crippen LogP contribution in [-0.4, -0.2) is 31.0 Å². The molecule has 0 fully saturated rings. The smallest absolute Gasteiger partial charge is 0.325 e. The Kier molecular flexibility index (Phi) is 4.05. The van der Waals surface area contributed by atoms with Gasteiger partial charge in [-0.05, 0) is 12.1 Å². The van der Waals surface area contributed by atoms with Crippen molar-refractivity contribution in [3.05, 3.63) is 23.5 Å². The highest BCUT2D eigenvalue weighted by molar-refractivity contribution is 6.32. The summed E-state index contributed by atoms with van der Waals surface area (Å²) >= 11 is 5.76. The zero-order chi connectivity index (χ0) is 11.3. The predicted molar refractivity (Wildman–Crippen MR) is 54.7 cm³/mol. The molecule has 0 radical (unpaired) electrons. The summed E-state index contributed by atoms with van der Waals surface area (Å²) in [6.07, 6.45) is 1.99. The van der Waals surface area contributed by atoms with Crippen molar-refractivity contribution in [3.63, 3.8) is 0 Å². The highest BCUT2D eigenvalue weighted by atomic mass is 35.5. The van der Waals surface area contributed by atoms with E-state index in [0.717, 1.165) is 4.90 Å². The lowest BCUT2D eigenvalue weighted by molar-refractivity contribution is -0.139. The molecule has 5 nitrogen and oxygen atoms in total. The quantitative estimate of drug-likeness (QED) is 0.436. The number of rotatable bonds is 4. The third kappa shape index (κ3) is 2.92. The number of pyridine rings is 1. The third-order valence-electron chi connectivity index (χ3n) is 1.70. The van der Waals surface area contributed by atoms with Gasteiger partial charge in [-0.15, -0.1) is 0 Å². The number of halogens is 1. The molecule has 0 atom stereocenters. The van der Waals surface area contributed by atoms with Crippen LogP contribution in [0, 0.1) is 0 Å². The Morgan fingerprint density at radius 2 is 2.47 bits per heavy atom. The molecule has 1 heterocycles. The van der Waals surface area contributed by atoms with Gasteiger partial charge in [-0.1, -0.05) is 11.6 Å². The molecular formula is C9H9ClN2O3. The zero-order valence-electron chi connectivity index (χ0n) is 8.01. The molecule has 0 saturated carbocycles. The van der Waals surface area contributed by atoms with Crippen LogP contribution >= 0.6 is 11.6 Å². The second kappa shape index (κ2) is 5.31. The number of amides is 1. The predicted octanol–water partition coefficient (Wildman–Crippen LogP) is 0.871. The number of nitrogens with zero attached hydrogens (tertiary/aromatic N) is 2. The van der Waals surface area contributed by atoms with Crippen LogP contribution in [0.25, 0.3) is 0 Å². The molecular weight excluding hydrogens is 220 g/mol. The third-order valence-corrected chi connectivity index (χ3v) is 1.99. The summed E-state index contributed by atoms with van der Waals surface area (Å²) in [4.78, 5) is 26.6. The van der Waals surface area contributed by atoms with E-state index in [9.17, 15) is 9.59 Å². The number of aromatic nitrogens is 1. The molecule has 1 amide bonds. The first-order chi connectivity index (χ1) is 7.19. The average molecular weight is 229 g/mol. The molecule has 0 bridgehead atoms. The summed E-state index contributed by atoms with van der Waals surface area (Å²) in [6.45, 7) is -0.189. The normalized spacial score (nSPS) is 9.47. The summed E-state index contributed by atoms with van der Waals surface area (Å²) in [7, 11) is 1.25. The van der Waals surface area contributed by atoms with Crippen molar-refractivity contribution in [1.82, 2.24) is 4.98 Å². The minimum absolute atomic E-state index is 0.161. The lowest BCUT2D eigenvalue weighted by Gasteiger charge is -2.16. The van der Waals surface area contributed by atoms with E-state index in [-0.39, 0.29) is 11.7 Å². The Labute approximate surface area is 91.6 Å². The lowest BCUT2D eigenvalue weighted by Crippen LogP contribution is -2.29. The van der Waals surface area contributed by atoms with Gasteiger partial charge < -0.3 is 9.64 Å². The molecule has 0 unspecified atom stereocenters. The number of hydrogen-bond donors (Lipinski definition) is 0. The molecule has 1 rings (SSSR count). The van der Waals surface area contributed by atoms with Gasteiger partial charge >= 0.3 is 5.97 Å². The van der Waals surface area contributed by atoms with Gasteiger partial charge in [-0.25, -0.2) is 4.98 Å². The number of methoxy groups -OCH3 is 1. The standard InChI is InChI=1S/C9H9ClN2O3/c1-15-8(14)5-12(6-13)7-3-2-4-11-9(7)10/h2-4,6H,5H2,1H3. The molecule has 80 valence electrons. The van der Waals surface area contributed by atoms with E-state index < -0.39 is 5.97 Å². The molecule has 0 aliphatic rings. The molecule has 0 saturated heterocycles. The van der Waals surface area contributed by atoms with Gasteiger partial charge in [0.05, 0.1) is 12.8 Å². The Hall–Kier alpha value is -1.62. The molecule has 0 N–H and O–H groups in total. The van der Waals surface area contributed by atoms with Crippen LogP contribution in [0.2, 0.25) is 5.15 Å². The highest BCUT2D eigenvalue weighted by Gasteiger charge is 2.13. The monoisotopic (exact) mass is 228 g/mol. The average Bonchev–Trinajstić information content (AvgIpc) is 2.26. The van der Waals surface area contributed by atoms with E-state index in [1.807, 2.05) is 0 Å². The molecule has 1 aromatic heterocycles. The second-order valence-electron chi connectivity index (χ2n) is 2.62. The van der Waals surface area contributed by atoms with E-state index in [4.69, 9.17) is 11.6 Å². The van der Waals surface area contributed by atoms with E-state index >= 15 is 0 Å². The van der Waals surface area contributed by atoms with E-state index in [2.05, 4.69) is 9.72 Å². The zero-order valence-corrected chi connectivity index (χ0v) is 8.77. The van der Waals surface area contributed by atoms with Gasteiger partial charge in [0.2, 0.25) is 6.41 Å². The summed E-state index contributed by atoms with van der Waals surface area (Å²) in [5, 5.41) is 0.161. The van der Waals surface area contributed by atoms with Crippen molar-refractivity contribution in [2.24, 2.45) is 0 Å². The molecule has 0 aliphatic heterocycles. The van der Waals surface area contributed by atoms with Crippen LogP contribution in [0.4, 0.5) is 5.69 Å². The van der Waals surface area contributed by atoms with E-state index in [1.165, 1.54) is 13.3 Å². The number of esters is 1. The Bertz CT molecular complexity index is 370. The summed E-state index contributed by atoms with van der Waals surface area (Å²) < 4.78 is 4.44. The van der Waals surface area contributed by atoms with Crippen molar-refractivity contribution >= 4 is 29.7 Å². The van der Waals surface area contributed by atoms with Crippen LogP contribution in [0.3, 0.4) is 0 Å². The number of anilines is 1. The molecule has 15 heavy (non-hydrogen) atoms. The van der Waals surface area contributed by atoms with E-state index in [1.54, 1.807) is 12.1 Å². The minimum Gasteiger partial charge on any atom is -0.468 e. The number of carbonyl (C=O) groups excluding carboxylic acids is 2. The van der Waals surface area contributed by atoms with Gasteiger partial charge in [-0.3, -0.25) is 9.59 Å². The fourth-order valence-corrected chi connectivity index (χ4v) is 1.20. The van der Waals surface area contributed by atoms with Gasteiger partial charge in [-0.2, -0.15) is 0 Å². The fourth-order valence-electron chi connectivity index (χ4n) is 0.975. The SMILES string of the molecule is COC(=O)CN(C=O)c1cccnc1Cl. The van der Waals surface area contributed by atoms with Gasteiger partial charge in [0.25, 0.3) is 0 Å². The van der Waals surface area contributed by atoms with Crippen molar-refractivity contribution in [1.29, 1.82) is 0 Å². The maximum atomic E-state index is 11.0. The summed E-state index contributed by atoms with van der Waals surface area (Å²) in [6, 6.07) is 3.21. The maximum Gasteiger partial charge on any atom is 0.325 e. The largest absolute Gasteiger partial charge is 0.468 e. The molecule has 0 spiro atoms. The highest BCUT2D eigenvalue weighted by Crippen LogP contribution is 2.21. The first kappa shape index (κ1) is 11.5. The van der Waals surface area contributed by atoms with Crippen LogP contribution in [-0.2, 0) is 14.3 Å². The summed E-state index contributed by atoms with van der Waals surface area (Å²) in [5.74, 6) is -0.526. The number of hydrogen-bond acceptors (Lipinski definition) is 4. The lowest BCUT2D eigenvalue weighted by atomic mass is 10.4. The Morgan fingerprint density at radius 1 is 1.73 bits per heavy atom. The first-order valence-corrected chi connectivity index (χ1v) is 4.46. The van der Waals surface area contributed by atoms with E-state index in [0.29, 0.717) is 12.1 Å². The van der Waals surface area contributed by atoms with Gasteiger partial charge in [0, 0.05) is 6.20 Å². The minimum atomic E-state index is -0.526.